The summed E-state index contributed by atoms with van der Waals surface area (Å²) in [5, 5.41) is 7.17. The number of anilines is 1. The van der Waals surface area contributed by atoms with Gasteiger partial charge in [-0.3, -0.25) is 9.59 Å². The average Bonchev–Trinajstić information content (AvgIpc) is 3.37. The third-order valence-corrected chi connectivity index (χ3v) is 6.16. The molecule has 0 saturated carbocycles. The standard InChI is InChI=1S/C26H22N2O5/c1-15-8-10-16(11-9-15)24(29)22-23(18-14-17(31-2)12-13-21(18)32-3)28-33-26(22)19-6-4-5-7-20(19)27-25(26)30/h4-14,22H,1-3H3,(H,27,30). The third-order valence-electron chi connectivity index (χ3n) is 6.16. The van der Waals surface area contributed by atoms with E-state index in [4.69, 9.17) is 14.3 Å². The van der Waals surface area contributed by atoms with Crippen molar-refractivity contribution in [3.05, 3.63) is 89.0 Å². The number of ether oxygens (including phenoxy) is 2. The fraction of sp³-hybridized carbons (Fsp3) is 0.192. The SMILES string of the molecule is COc1ccc(OC)c(C2=NOC3(C(=O)Nc4ccccc43)C2C(=O)c2ccc(C)cc2)c1. The molecule has 33 heavy (non-hydrogen) atoms. The normalized spacial score (nSPS) is 20.6. The van der Waals surface area contributed by atoms with Crippen LogP contribution in [0.1, 0.15) is 27.0 Å². The van der Waals surface area contributed by atoms with E-state index < -0.39 is 17.4 Å². The van der Waals surface area contributed by atoms with Gasteiger partial charge in [0.1, 0.15) is 23.1 Å². The first kappa shape index (κ1) is 20.8. The number of carbonyl (C=O) groups excluding carboxylic acids is 2. The number of methoxy groups -OCH3 is 2. The molecule has 1 N–H and O–H groups in total. The molecule has 2 unspecified atom stereocenters. The maximum atomic E-state index is 14.0. The van der Waals surface area contributed by atoms with Gasteiger partial charge in [0.2, 0.25) is 0 Å². The van der Waals surface area contributed by atoms with Crippen molar-refractivity contribution >= 4 is 23.1 Å². The van der Waals surface area contributed by atoms with Gasteiger partial charge >= 0.3 is 0 Å². The Hall–Kier alpha value is -4.13. The van der Waals surface area contributed by atoms with E-state index in [0.29, 0.717) is 39.6 Å². The fourth-order valence-electron chi connectivity index (χ4n) is 4.46. The molecule has 7 nitrogen and oxygen atoms in total. The summed E-state index contributed by atoms with van der Waals surface area (Å²) in [6.07, 6.45) is 0. The van der Waals surface area contributed by atoms with Gasteiger partial charge in [-0.15, -0.1) is 0 Å². The number of nitrogens with zero attached hydrogens (tertiary/aromatic N) is 1. The van der Waals surface area contributed by atoms with Crippen LogP contribution in [-0.4, -0.2) is 31.6 Å². The zero-order valence-corrected chi connectivity index (χ0v) is 18.4. The van der Waals surface area contributed by atoms with Crippen LogP contribution >= 0.6 is 0 Å². The molecule has 3 aromatic carbocycles. The molecule has 2 atom stereocenters. The predicted molar refractivity (Wildman–Crippen MR) is 123 cm³/mol. The first-order valence-corrected chi connectivity index (χ1v) is 10.5. The number of hydrogen-bond donors (Lipinski definition) is 1. The number of carbonyl (C=O) groups is 2. The molecule has 0 fully saturated rings. The summed E-state index contributed by atoms with van der Waals surface area (Å²) in [4.78, 5) is 33.3. The van der Waals surface area contributed by atoms with Crippen LogP contribution in [0.3, 0.4) is 0 Å². The number of fused-ring (bicyclic) bond motifs is 2. The molecule has 0 saturated heterocycles. The molecular formula is C26H22N2O5. The smallest absolute Gasteiger partial charge is 0.277 e. The van der Waals surface area contributed by atoms with Crippen LogP contribution in [0, 0.1) is 12.8 Å². The zero-order chi connectivity index (χ0) is 23.2. The van der Waals surface area contributed by atoms with Crippen molar-refractivity contribution < 1.29 is 23.9 Å². The number of amides is 1. The Kier molecular flexibility index (Phi) is 4.89. The molecule has 0 radical (unpaired) electrons. The van der Waals surface area contributed by atoms with Gasteiger partial charge in [-0.05, 0) is 31.2 Å². The van der Waals surface area contributed by atoms with Gasteiger partial charge in [-0.2, -0.15) is 0 Å². The highest BCUT2D eigenvalue weighted by molar-refractivity contribution is 6.25. The molecule has 0 bridgehead atoms. The minimum Gasteiger partial charge on any atom is -0.497 e. The molecule has 1 amide bonds. The Morgan fingerprint density at radius 2 is 1.79 bits per heavy atom. The van der Waals surface area contributed by atoms with Crippen molar-refractivity contribution in [2.24, 2.45) is 11.1 Å². The molecule has 5 rings (SSSR count). The van der Waals surface area contributed by atoms with Crippen molar-refractivity contribution in [3.8, 4) is 11.5 Å². The van der Waals surface area contributed by atoms with E-state index in [2.05, 4.69) is 10.5 Å². The lowest BCUT2D eigenvalue weighted by Crippen LogP contribution is -2.46. The fourth-order valence-corrected chi connectivity index (χ4v) is 4.46. The molecule has 166 valence electrons. The van der Waals surface area contributed by atoms with Gasteiger partial charge in [0.15, 0.2) is 5.78 Å². The number of para-hydroxylation sites is 1. The zero-order valence-electron chi connectivity index (χ0n) is 18.4. The number of oxime groups is 1. The van der Waals surface area contributed by atoms with Crippen LogP contribution in [-0.2, 0) is 15.2 Å². The van der Waals surface area contributed by atoms with Gasteiger partial charge in [0.05, 0.1) is 14.2 Å². The predicted octanol–water partition coefficient (Wildman–Crippen LogP) is 4.09. The Morgan fingerprint density at radius 3 is 2.52 bits per heavy atom. The van der Waals surface area contributed by atoms with Crippen LogP contribution < -0.4 is 14.8 Å². The second-order valence-corrected chi connectivity index (χ2v) is 8.03. The Morgan fingerprint density at radius 1 is 1.03 bits per heavy atom. The maximum Gasteiger partial charge on any atom is 0.277 e. The summed E-state index contributed by atoms with van der Waals surface area (Å²) in [6.45, 7) is 1.95. The van der Waals surface area contributed by atoms with E-state index in [-0.39, 0.29) is 5.78 Å². The number of Topliss-reactive ketones (excluding diaryl/α,β-unsaturated/α-hetero) is 1. The van der Waals surface area contributed by atoms with Crippen LogP contribution in [0.15, 0.2) is 71.9 Å². The minimum atomic E-state index is -1.62. The summed E-state index contributed by atoms with van der Waals surface area (Å²) in [6, 6.07) is 19.6. The lowest BCUT2D eigenvalue weighted by molar-refractivity contribution is -0.140. The molecule has 3 aromatic rings. The highest BCUT2D eigenvalue weighted by atomic mass is 16.7. The van der Waals surface area contributed by atoms with Gasteiger partial charge in [0, 0.05) is 22.4 Å². The largest absolute Gasteiger partial charge is 0.497 e. The monoisotopic (exact) mass is 442 g/mol. The number of aryl methyl sites for hydroxylation is 1. The summed E-state index contributed by atoms with van der Waals surface area (Å²) >= 11 is 0. The number of benzene rings is 3. The number of ketones is 1. The van der Waals surface area contributed by atoms with Gasteiger partial charge in [-0.1, -0.05) is 53.2 Å². The van der Waals surface area contributed by atoms with Crippen LogP contribution in [0.2, 0.25) is 0 Å². The average molecular weight is 442 g/mol. The molecule has 7 heteroatoms. The highest BCUT2D eigenvalue weighted by Gasteiger charge is 2.63. The van der Waals surface area contributed by atoms with E-state index in [9.17, 15) is 9.59 Å². The van der Waals surface area contributed by atoms with E-state index in [1.165, 1.54) is 7.11 Å². The Bertz CT molecular complexity index is 1300. The quantitative estimate of drug-likeness (QED) is 0.602. The Labute approximate surface area is 191 Å². The van der Waals surface area contributed by atoms with E-state index in [0.717, 1.165) is 5.56 Å². The molecule has 2 aliphatic heterocycles. The van der Waals surface area contributed by atoms with Crippen molar-refractivity contribution in [2.45, 2.75) is 12.5 Å². The van der Waals surface area contributed by atoms with E-state index in [1.54, 1.807) is 49.6 Å². The van der Waals surface area contributed by atoms with Crippen molar-refractivity contribution in [3.63, 3.8) is 0 Å². The highest BCUT2D eigenvalue weighted by Crippen LogP contribution is 2.50. The van der Waals surface area contributed by atoms with Crippen molar-refractivity contribution in [1.82, 2.24) is 0 Å². The van der Waals surface area contributed by atoms with Gasteiger partial charge in [-0.25, -0.2) is 0 Å². The summed E-state index contributed by atoms with van der Waals surface area (Å²) in [5.41, 5.74) is 1.86. The number of nitrogens with one attached hydrogen (secondary N) is 1. The van der Waals surface area contributed by atoms with Crippen LogP contribution in [0.4, 0.5) is 5.69 Å². The number of hydrogen-bond acceptors (Lipinski definition) is 6. The lowest BCUT2D eigenvalue weighted by Gasteiger charge is -2.27. The van der Waals surface area contributed by atoms with Crippen molar-refractivity contribution in [2.75, 3.05) is 19.5 Å². The van der Waals surface area contributed by atoms with Gasteiger partial charge in [0.25, 0.3) is 11.5 Å². The molecule has 1 spiro atoms. The lowest BCUT2D eigenvalue weighted by atomic mass is 9.74. The van der Waals surface area contributed by atoms with Crippen LogP contribution in [0.25, 0.3) is 0 Å². The van der Waals surface area contributed by atoms with E-state index in [1.807, 2.05) is 31.2 Å². The summed E-state index contributed by atoms with van der Waals surface area (Å²) in [7, 11) is 3.08. The molecule has 2 aliphatic rings. The Balaban J connectivity index is 1.72. The number of rotatable bonds is 5. The maximum absolute atomic E-state index is 14.0. The molecule has 0 aliphatic carbocycles. The van der Waals surface area contributed by atoms with Crippen LogP contribution in [0.5, 0.6) is 11.5 Å². The molecular weight excluding hydrogens is 420 g/mol. The van der Waals surface area contributed by atoms with Gasteiger partial charge < -0.3 is 19.6 Å². The van der Waals surface area contributed by atoms with E-state index >= 15 is 0 Å². The second-order valence-electron chi connectivity index (χ2n) is 8.03. The molecule has 0 aromatic heterocycles. The first-order valence-electron chi connectivity index (χ1n) is 10.5. The summed E-state index contributed by atoms with van der Waals surface area (Å²) < 4.78 is 10.9. The first-order chi connectivity index (χ1) is 16.0. The third kappa shape index (κ3) is 3.08. The summed E-state index contributed by atoms with van der Waals surface area (Å²) in [5.74, 6) is -0.696. The minimum absolute atomic E-state index is 0.275. The topological polar surface area (TPSA) is 86.2 Å². The molecule has 2 heterocycles. The second kappa shape index (κ2) is 7.78. The van der Waals surface area contributed by atoms with Crippen molar-refractivity contribution in [1.29, 1.82) is 0 Å².